The van der Waals surface area contributed by atoms with Crippen LogP contribution in [0.1, 0.15) is 21.5 Å². The molecule has 0 aromatic heterocycles. The number of thioether (sulfide) groups is 1. The highest BCUT2D eigenvalue weighted by Gasteiger charge is 2.34. The van der Waals surface area contributed by atoms with Crippen molar-refractivity contribution in [2.45, 2.75) is 17.6 Å². The first-order valence-electron chi connectivity index (χ1n) is 10.9. The fourth-order valence-corrected chi connectivity index (χ4v) is 5.29. The van der Waals surface area contributed by atoms with Crippen LogP contribution in [0.5, 0.6) is 5.75 Å². The molecule has 0 aliphatic carbocycles. The number of hydrogen-bond donors (Lipinski definition) is 1. The van der Waals surface area contributed by atoms with Crippen molar-refractivity contribution in [3.63, 3.8) is 0 Å². The quantitative estimate of drug-likeness (QED) is 0.468. The van der Waals surface area contributed by atoms with Crippen LogP contribution in [0.2, 0.25) is 0 Å². The van der Waals surface area contributed by atoms with Crippen molar-refractivity contribution in [1.82, 2.24) is 14.7 Å². The number of nitrogens with zero attached hydrogens (tertiary/aromatic N) is 3. The predicted octanol–water partition coefficient (Wildman–Crippen LogP) is 4.30. The number of carbonyl (C=O) groups is 2. The summed E-state index contributed by atoms with van der Waals surface area (Å²) in [5.74, 6) is -0.622. The maximum Gasteiger partial charge on any atom is 0.573 e. The van der Waals surface area contributed by atoms with Gasteiger partial charge in [0.05, 0.1) is 4.91 Å². The summed E-state index contributed by atoms with van der Waals surface area (Å²) in [5.41, 5.74) is 1.85. The molecular weight excluding hydrogens is 499 g/mol. The van der Waals surface area contributed by atoms with Crippen LogP contribution in [0.4, 0.5) is 13.2 Å². The Balaban J connectivity index is 1.42. The van der Waals surface area contributed by atoms with E-state index in [-0.39, 0.29) is 24.1 Å². The fraction of sp³-hybridized carbons (Fsp3) is 0.333. The van der Waals surface area contributed by atoms with Gasteiger partial charge in [-0.15, -0.1) is 25.8 Å². The molecule has 0 N–H and O–H groups in total. The van der Waals surface area contributed by atoms with Crippen molar-refractivity contribution in [3.05, 3.63) is 70.1 Å². The zero-order valence-corrected chi connectivity index (χ0v) is 20.6. The number of likely N-dealkylation sites (N-methyl/N-ethyl adjacent to an activating group) is 1. The van der Waals surface area contributed by atoms with Crippen molar-refractivity contribution < 1.29 is 27.5 Å². The van der Waals surface area contributed by atoms with Crippen LogP contribution >= 0.6 is 24.4 Å². The van der Waals surface area contributed by atoms with Gasteiger partial charge in [0.1, 0.15) is 10.5 Å². The zero-order chi connectivity index (χ0) is 25.2. The number of ether oxygens (including phenoxy) is 1. The lowest BCUT2D eigenvalue weighted by atomic mass is 10.1. The van der Waals surface area contributed by atoms with E-state index in [1.54, 1.807) is 36.4 Å². The summed E-state index contributed by atoms with van der Waals surface area (Å²) in [4.78, 5) is 31.6. The van der Waals surface area contributed by atoms with Gasteiger partial charge in [0, 0.05) is 38.3 Å². The van der Waals surface area contributed by atoms with Gasteiger partial charge < -0.3 is 19.4 Å². The Morgan fingerprint density at radius 3 is 2.49 bits per heavy atom. The number of alkyl halides is 3. The molecule has 6 nitrogen and oxygen atoms in total. The van der Waals surface area contributed by atoms with Crippen molar-refractivity contribution in [1.29, 1.82) is 0 Å². The average Bonchev–Trinajstić information content (AvgIpc) is 3.06. The summed E-state index contributed by atoms with van der Waals surface area (Å²) in [6.07, 6.45) is -3.06. The number of carbonyl (C=O) groups excluding carboxylic acids is 2. The van der Waals surface area contributed by atoms with Crippen LogP contribution in [0.15, 0.2) is 53.4 Å². The normalized spacial score (nSPS) is 20.5. The first kappa shape index (κ1) is 25.5. The molecule has 2 aliphatic rings. The molecule has 2 amide bonds. The summed E-state index contributed by atoms with van der Waals surface area (Å²) in [6, 6.07) is 12.6. The van der Waals surface area contributed by atoms with E-state index in [9.17, 15) is 22.8 Å². The van der Waals surface area contributed by atoms with Crippen LogP contribution in [-0.4, -0.2) is 70.8 Å². The minimum absolute atomic E-state index is 0.0121. The highest BCUT2D eigenvalue weighted by atomic mass is 32.2. The second-order valence-electron chi connectivity index (χ2n) is 8.30. The molecule has 186 valence electrons. The first-order chi connectivity index (χ1) is 16.6. The molecular formula is C24H24F3N3O3S2. The number of rotatable bonds is 5. The number of hydrogen-bond acceptors (Lipinski definition) is 6. The molecule has 0 saturated carbocycles. The van der Waals surface area contributed by atoms with Crippen molar-refractivity contribution in [3.8, 4) is 5.75 Å². The number of amides is 2. The van der Waals surface area contributed by atoms with Gasteiger partial charge in [-0.2, -0.15) is 0 Å². The predicted molar refractivity (Wildman–Crippen MR) is 132 cm³/mol. The largest absolute Gasteiger partial charge is 0.573 e. The fourth-order valence-electron chi connectivity index (χ4n) is 3.82. The maximum atomic E-state index is 13.0. The molecule has 11 heteroatoms. The topological polar surface area (TPSA) is 53.1 Å². The van der Waals surface area contributed by atoms with Crippen molar-refractivity contribution in [2.24, 2.45) is 0 Å². The van der Waals surface area contributed by atoms with Crippen LogP contribution in [0, 0.1) is 0 Å². The van der Waals surface area contributed by atoms with E-state index in [4.69, 9.17) is 0 Å². The number of thiol groups is 1. The van der Waals surface area contributed by atoms with E-state index in [2.05, 4.69) is 22.3 Å². The van der Waals surface area contributed by atoms with E-state index in [1.807, 2.05) is 11.9 Å². The number of benzene rings is 2. The van der Waals surface area contributed by atoms with Crippen LogP contribution in [0.25, 0.3) is 6.08 Å². The molecule has 2 aliphatic heterocycles. The van der Waals surface area contributed by atoms with Crippen LogP contribution in [-0.2, 0) is 11.3 Å². The molecule has 1 atom stereocenters. The Hall–Kier alpha value is -2.63. The molecule has 1 unspecified atom stereocenters. The summed E-state index contributed by atoms with van der Waals surface area (Å²) in [6.45, 7) is 3.16. The maximum absolute atomic E-state index is 13.0. The monoisotopic (exact) mass is 523 g/mol. The van der Waals surface area contributed by atoms with Gasteiger partial charge in [0.25, 0.3) is 11.8 Å². The second kappa shape index (κ2) is 10.5. The van der Waals surface area contributed by atoms with Gasteiger partial charge in [0.15, 0.2) is 0 Å². The molecule has 4 rings (SSSR count). The lowest BCUT2D eigenvalue weighted by Crippen LogP contribution is -2.47. The van der Waals surface area contributed by atoms with Crippen LogP contribution < -0.4 is 4.74 Å². The van der Waals surface area contributed by atoms with E-state index in [0.717, 1.165) is 18.7 Å². The highest BCUT2D eigenvalue weighted by molar-refractivity contribution is 8.14. The van der Waals surface area contributed by atoms with Gasteiger partial charge in [-0.1, -0.05) is 36.0 Å². The van der Waals surface area contributed by atoms with E-state index in [1.165, 1.54) is 34.9 Å². The third-order valence-electron chi connectivity index (χ3n) is 5.70. The molecule has 35 heavy (non-hydrogen) atoms. The SMILES string of the molecule is CN1CCN(C(=O)c2ccc(/C=C3\SC(S)N(Cc4cccc(OC(F)(F)F)c4)C3=O)cc2)CC1. The Bertz CT molecular complexity index is 1120. The number of piperazine rings is 1. The van der Waals surface area contributed by atoms with Gasteiger partial charge in [0.2, 0.25) is 0 Å². The Kier molecular flexibility index (Phi) is 7.67. The standard InChI is InChI=1S/C24H24F3N3O3S2/c1-28-9-11-29(12-10-28)21(31)18-7-5-16(6-8-18)14-20-22(32)30(23(34)35-20)15-17-3-2-4-19(13-17)33-24(25,26)27/h2-8,13-14,23,34H,9-12,15H2,1H3/b20-14-. The molecule has 2 aromatic rings. The van der Waals surface area contributed by atoms with Crippen LogP contribution in [0.3, 0.4) is 0 Å². The minimum atomic E-state index is -4.79. The van der Waals surface area contributed by atoms with Gasteiger partial charge in [-0.05, 0) is 48.5 Å². The van der Waals surface area contributed by atoms with Crippen molar-refractivity contribution >= 4 is 42.3 Å². The zero-order valence-electron chi connectivity index (χ0n) is 18.9. The van der Waals surface area contributed by atoms with Gasteiger partial charge >= 0.3 is 6.36 Å². The highest BCUT2D eigenvalue weighted by Crippen LogP contribution is 2.39. The Labute approximate surface area is 211 Å². The molecule has 2 aromatic carbocycles. The molecule has 2 fully saturated rings. The first-order valence-corrected chi connectivity index (χ1v) is 12.3. The van der Waals surface area contributed by atoms with Crippen molar-refractivity contribution in [2.75, 3.05) is 33.2 Å². The van der Waals surface area contributed by atoms with E-state index >= 15 is 0 Å². The summed E-state index contributed by atoms with van der Waals surface area (Å²) >= 11 is 5.72. The average molecular weight is 524 g/mol. The third-order valence-corrected chi connectivity index (χ3v) is 7.31. The molecule has 0 radical (unpaired) electrons. The lowest BCUT2D eigenvalue weighted by Gasteiger charge is -2.32. The lowest BCUT2D eigenvalue weighted by molar-refractivity contribution is -0.274. The minimum Gasteiger partial charge on any atom is -0.406 e. The Morgan fingerprint density at radius 2 is 1.83 bits per heavy atom. The third kappa shape index (κ3) is 6.53. The second-order valence-corrected chi connectivity index (χ2v) is 10.3. The Morgan fingerprint density at radius 1 is 1.14 bits per heavy atom. The molecule has 0 bridgehead atoms. The molecule has 2 heterocycles. The summed E-state index contributed by atoms with van der Waals surface area (Å²) in [5, 5.41) is 0. The molecule has 0 spiro atoms. The van der Waals surface area contributed by atoms with Gasteiger partial charge in [-0.25, -0.2) is 0 Å². The summed E-state index contributed by atoms with van der Waals surface area (Å²) < 4.78 is 41.0. The van der Waals surface area contributed by atoms with Gasteiger partial charge in [-0.3, -0.25) is 9.59 Å². The molecule has 2 saturated heterocycles. The van der Waals surface area contributed by atoms with E-state index in [0.29, 0.717) is 29.1 Å². The smallest absolute Gasteiger partial charge is 0.406 e. The van der Waals surface area contributed by atoms with E-state index < -0.39 is 11.1 Å². The summed E-state index contributed by atoms with van der Waals surface area (Å²) in [7, 11) is 2.03. The number of halogens is 3.